The van der Waals surface area contributed by atoms with Gasteiger partial charge >= 0.3 is 0 Å². The molecule has 0 aromatic heterocycles. The zero-order chi connectivity index (χ0) is 22.2. The summed E-state index contributed by atoms with van der Waals surface area (Å²) in [5.41, 5.74) is 2.74. The van der Waals surface area contributed by atoms with Crippen LogP contribution in [-0.4, -0.2) is 54.8 Å². The smallest absolute Gasteiger partial charge is 0.260 e. The standard InChI is InChI=1S/C26H42N2O3/c1-5-8-20(4)15-24-17-23(21-9-10-25-22(16-21)11-14-30-25)18-27(24)19-26(29)28(12-6-2)31-13-7-3/h9-10,16,20,23-24H,5-8,11-15,17-19H2,1-4H3/t20?,23-,24+/m1/s1. The highest BCUT2D eigenvalue weighted by molar-refractivity contribution is 5.77. The Morgan fingerprint density at radius 3 is 2.84 bits per heavy atom. The minimum atomic E-state index is 0.103. The van der Waals surface area contributed by atoms with Gasteiger partial charge in [-0.05, 0) is 54.7 Å². The summed E-state index contributed by atoms with van der Waals surface area (Å²) >= 11 is 0. The molecule has 0 saturated carbocycles. The maximum Gasteiger partial charge on any atom is 0.260 e. The van der Waals surface area contributed by atoms with Crippen molar-refractivity contribution in [3.05, 3.63) is 29.3 Å². The van der Waals surface area contributed by atoms with E-state index in [0.717, 1.165) is 51.0 Å². The van der Waals surface area contributed by atoms with E-state index in [1.807, 2.05) is 0 Å². The minimum absolute atomic E-state index is 0.103. The van der Waals surface area contributed by atoms with Crippen LogP contribution in [0.15, 0.2) is 18.2 Å². The molecule has 1 fully saturated rings. The zero-order valence-electron chi connectivity index (χ0n) is 20.1. The van der Waals surface area contributed by atoms with Gasteiger partial charge in [0, 0.05) is 25.6 Å². The van der Waals surface area contributed by atoms with Crippen LogP contribution in [0.3, 0.4) is 0 Å². The summed E-state index contributed by atoms with van der Waals surface area (Å²) in [7, 11) is 0. The van der Waals surface area contributed by atoms with Crippen molar-refractivity contribution in [1.29, 1.82) is 0 Å². The van der Waals surface area contributed by atoms with Crippen LogP contribution >= 0.6 is 0 Å². The summed E-state index contributed by atoms with van der Waals surface area (Å²) in [6.45, 7) is 12.3. The molecule has 0 N–H and O–H groups in total. The van der Waals surface area contributed by atoms with Crippen molar-refractivity contribution < 1.29 is 14.4 Å². The Kier molecular flexibility index (Phi) is 9.21. The molecule has 0 aliphatic carbocycles. The molecule has 5 nitrogen and oxygen atoms in total. The molecule has 3 atom stereocenters. The highest BCUT2D eigenvalue weighted by Crippen LogP contribution is 2.37. The van der Waals surface area contributed by atoms with E-state index in [2.05, 4.69) is 50.8 Å². The van der Waals surface area contributed by atoms with E-state index in [0.29, 0.717) is 37.6 Å². The molecule has 1 saturated heterocycles. The number of nitrogens with zero attached hydrogens (tertiary/aromatic N) is 2. The molecule has 0 spiro atoms. The van der Waals surface area contributed by atoms with E-state index < -0.39 is 0 Å². The molecule has 1 unspecified atom stereocenters. The van der Waals surface area contributed by atoms with Crippen LogP contribution in [0.1, 0.15) is 83.3 Å². The lowest BCUT2D eigenvalue weighted by Crippen LogP contribution is -2.43. The summed E-state index contributed by atoms with van der Waals surface area (Å²) in [5, 5.41) is 1.61. The zero-order valence-corrected chi connectivity index (χ0v) is 20.1. The number of hydrogen-bond donors (Lipinski definition) is 0. The van der Waals surface area contributed by atoms with E-state index in [1.54, 1.807) is 5.06 Å². The lowest BCUT2D eigenvalue weighted by atomic mass is 9.90. The fourth-order valence-electron chi connectivity index (χ4n) is 5.12. The molecular formula is C26H42N2O3. The number of benzene rings is 1. The Labute approximate surface area is 189 Å². The first-order chi connectivity index (χ1) is 15.0. The van der Waals surface area contributed by atoms with Crippen LogP contribution < -0.4 is 4.74 Å². The van der Waals surface area contributed by atoms with Gasteiger partial charge in [0.15, 0.2) is 0 Å². The molecule has 31 heavy (non-hydrogen) atoms. The first-order valence-electron chi connectivity index (χ1n) is 12.5. The Morgan fingerprint density at radius 1 is 1.26 bits per heavy atom. The van der Waals surface area contributed by atoms with Crippen molar-refractivity contribution in [3.8, 4) is 5.75 Å². The Hall–Kier alpha value is -1.59. The van der Waals surface area contributed by atoms with Gasteiger partial charge in [0.25, 0.3) is 5.91 Å². The number of carbonyl (C=O) groups excluding carboxylic acids is 1. The van der Waals surface area contributed by atoms with Crippen molar-refractivity contribution in [2.24, 2.45) is 5.92 Å². The fraction of sp³-hybridized carbons (Fsp3) is 0.731. The van der Waals surface area contributed by atoms with Crippen LogP contribution in [0.2, 0.25) is 0 Å². The third-order valence-electron chi connectivity index (χ3n) is 6.66. The number of ether oxygens (including phenoxy) is 1. The normalized spacial score (nSPS) is 21.7. The highest BCUT2D eigenvalue weighted by Gasteiger charge is 2.35. The van der Waals surface area contributed by atoms with Crippen molar-refractivity contribution in [1.82, 2.24) is 9.96 Å². The molecule has 2 aliphatic heterocycles. The van der Waals surface area contributed by atoms with Crippen molar-refractivity contribution in [2.45, 2.75) is 84.6 Å². The number of carbonyl (C=O) groups is 1. The highest BCUT2D eigenvalue weighted by atomic mass is 16.7. The summed E-state index contributed by atoms with van der Waals surface area (Å²) in [6.07, 6.45) is 7.59. The van der Waals surface area contributed by atoms with Gasteiger partial charge in [-0.1, -0.05) is 52.7 Å². The molecule has 2 heterocycles. The summed E-state index contributed by atoms with van der Waals surface area (Å²) in [6, 6.07) is 7.18. The van der Waals surface area contributed by atoms with E-state index >= 15 is 0 Å². The average molecular weight is 431 g/mol. The fourth-order valence-corrected chi connectivity index (χ4v) is 5.12. The third kappa shape index (κ3) is 6.45. The summed E-state index contributed by atoms with van der Waals surface area (Å²) < 4.78 is 5.70. The van der Waals surface area contributed by atoms with E-state index in [1.165, 1.54) is 24.0 Å². The second kappa shape index (κ2) is 11.9. The largest absolute Gasteiger partial charge is 0.493 e. The topological polar surface area (TPSA) is 42.0 Å². The lowest BCUT2D eigenvalue weighted by molar-refractivity contribution is -0.188. The maximum atomic E-state index is 13.1. The average Bonchev–Trinajstić information content (AvgIpc) is 3.37. The molecule has 0 bridgehead atoms. The number of likely N-dealkylation sites (tertiary alicyclic amines) is 1. The second-order valence-electron chi connectivity index (χ2n) is 9.44. The monoisotopic (exact) mass is 430 g/mol. The van der Waals surface area contributed by atoms with Gasteiger partial charge in [-0.25, -0.2) is 5.06 Å². The molecular weight excluding hydrogens is 388 g/mol. The first kappa shape index (κ1) is 24.1. The van der Waals surface area contributed by atoms with Gasteiger partial charge < -0.3 is 4.74 Å². The molecule has 3 rings (SSSR count). The summed E-state index contributed by atoms with van der Waals surface area (Å²) in [5.74, 6) is 2.31. The predicted octanol–water partition coefficient (Wildman–Crippen LogP) is 5.19. The quantitative estimate of drug-likeness (QED) is 0.428. The van der Waals surface area contributed by atoms with Crippen LogP contribution in [0.5, 0.6) is 5.75 Å². The maximum absolute atomic E-state index is 13.1. The van der Waals surface area contributed by atoms with Crippen LogP contribution in [-0.2, 0) is 16.1 Å². The van der Waals surface area contributed by atoms with Crippen LogP contribution in [0, 0.1) is 5.92 Å². The van der Waals surface area contributed by atoms with Gasteiger partial charge in [0.2, 0.25) is 0 Å². The van der Waals surface area contributed by atoms with Crippen molar-refractivity contribution in [3.63, 3.8) is 0 Å². The van der Waals surface area contributed by atoms with Crippen LogP contribution in [0.25, 0.3) is 0 Å². The Balaban J connectivity index is 1.71. The van der Waals surface area contributed by atoms with Gasteiger partial charge in [0.1, 0.15) is 5.75 Å². The minimum Gasteiger partial charge on any atom is -0.493 e. The number of hydrogen-bond acceptors (Lipinski definition) is 4. The molecule has 5 heteroatoms. The number of hydroxylamine groups is 2. The Morgan fingerprint density at radius 2 is 2.10 bits per heavy atom. The number of amides is 1. The van der Waals surface area contributed by atoms with E-state index in [4.69, 9.17) is 9.57 Å². The molecule has 1 amide bonds. The van der Waals surface area contributed by atoms with E-state index in [9.17, 15) is 4.79 Å². The lowest BCUT2D eigenvalue weighted by Gasteiger charge is -2.29. The Bertz CT molecular complexity index is 708. The van der Waals surface area contributed by atoms with Crippen molar-refractivity contribution in [2.75, 3.05) is 32.8 Å². The molecule has 1 aromatic rings. The molecule has 1 aromatic carbocycles. The van der Waals surface area contributed by atoms with Crippen molar-refractivity contribution >= 4 is 5.91 Å². The third-order valence-corrected chi connectivity index (χ3v) is 6.66. The van der Waals surface area contributed by atoms with E-state index in [-0.39, 0.29) is 5.91 Å². The number of fused-ring (bicyclic) bond motifs is 1. The molecule has 0 radical (unpaired) electrons. The van der Waals surface area contributed by atoms with Gasteiger partial charge in [-0.3, -0.25) is 14.5 Å². The van der Waals surface area contributed by atoms with Gasteiger partial charge in [-0.2, -0.15) is 0 Å². The second-order valence-corrected chi connectivity index (χ2v) is 9.44. The SMILES string of the molecule is CCCON(CCC)C(=O)CN1C[C@H](c2ccc3c(c2)CCO3)C[C@@H]1CC(C)CCC. The van der Waals surface area contributed by atoms with Gasteiger partial charge in [-0.15, -0.1) is 0 Å². The van der Waals surface area contributed by atoms with Crippen LogP contribution in [0.4, 0.5) is 0 Å². The number of rotatable bonds is 12. The summed E-state index contributed by atoms with van der Waals surface area (Å²) in [4.78, 5) is 21.3. The van der Waals surface area contributed by atoms with Gasteiger partial charge in [0.05, 0.1) is 19.8 Å². The predicted molar refractivity (Wildman–Crippen MR) is 125 cm³/mol. The molecule has 2 aliphatic rings. The molecule has 174 valence electrons. The first-order valence-corrected chi connectivity index (χ1v) is 12.5.